The van der Waals surface area contributed by atoms with Crippen LogP contribution in [-0.4, -0.2) is 31.0 Å². The molecule has 0 bridgehead atoms. The van der Waals surface area contributed by atoms with Crippen LogP contribution >= 0.6 is 12.2 Å². The number of anilines is 1. The van der Waals surface area contributed by atoms with Crippen molar-refractivity contribution >= 4 is 32.7 Å². The number of hydrogen-bond donors (Lipinski definition) is 2. The smallest absolute Gasteiger partial charge is 0.154 e. The Labute approximate surface area is 120 Å². The molecular weight excluding hydrogens is 280 g/mol. The molecular formula is C13H20N2O2S2. The minimum absolute atomic E-state index is 0.291. The molecule has 0 aliphatic rings. The summed E-state index contributed by atoms with van der Waals surface area (Å²) in [5.41, 5.74) is 8.21. The van der Waals surface area contributed by atoms with E-state index in [-0.39, 0.29) is 0 Å². The highest BCUT2D eigenvalue weighted by molar-refractivity contribution is 7.92. The van der Waals surface area contributed by atoms with Crippen LogP contribution < -0.4 is 11.1 Å². The summed E-state index contributed by atoms with van der Waals surface area (Å²) in [6.07, 6.45) is 1.24. The molecule has 0 fully saturated rings. The second kappa shape index (κ2) is 5.46. The Bertz CT molecular complexity index is 593. The first-order chi connectivity index (χ1) is 8.54. The Morgan fingerprint density at radius 2 is 2.00 bits per heavy atom. The van der Waals surface area contributed by atoms with Crippen molar-refractivity contribution in [2.45, 2.75) is 25.5 Å². The third-order valence-electron chi connectivity index (χ3n) is 3.15. The first-order valence-electron chi connectivity index (χ1n) is 5.88. The minimum atomic E-state index is -3.14. The van der Waals surface area contributed by atoms with Gasteiger partial charge in [-0.1, -0.05) is 18.3 Å². The molecule has 6 heteroatoms. The number of sulfone groups is 1. The van der Waals surface area contributed by atoms with Crippen LogP contribution in [0, 0.1) is 6.92 Å². The molecule has 0 radical (unpaired) electrons. The van der Waals surface area contributed by atoms with Gasteiger partial charge in [0.05, 0.1) is 4.75 Å². The Kier molecular flexibility index (Phi) is 4.58. The predicted octanol–water partition coefficient (Wildman–Crippen LogP) is 1.86. The lowest BCUT2D eigenvalue weighted by molar-refractivity contribution is 0.560. The van der Waals surface area contributed by atoms with E-state index in [1.807, 2.05) is 25.1 Å². The van der Waals surface area contributed by atoms with Crippen molar-refractivity contribution in [1.82, 2.24) is 0 Å². The van der Waals surface area contributed by atoms with Crippen LogP contribution in [0.4, 0.5) is 5.69 Å². The lowest BCUT2D eigenvalue weighted by Crippen LogP contribution is -2.38. The SMILES string of the molecule is Cc1ccc(C(N)=S)c(NCC(C)(C)S(C)(=O)=O)c1. The van der Waals surface area contributed by atoms with E-state index < -0.39 is 14.6 Å². The average Bonchev–Trinajstić information content (AvgIpc) is 2.24. The van der Waals surface area contributed by atoms with Crippen molar-refractivity contribution in [3.63, 3.8) is 0 Å². The molecule has 0 spiro atoms. The molecule has 0 heterocycles. The Morgan fingerprint density at radius 1 is 1.42 bits per heavy atom. The number of rotatable bonds is 5. The van der Waals surface area contributed by atoms with Crippen molar-refractivity contribution in [3.8, 4) is 0 Å². The molecule has 0 unspecified atom stereocenters. The van der Waals surface area contributed by atoms with Crippen molar-refractivity contribution in [2.75, 3.05) is 18.1 Å². The van der Waals surface area contributed by atoms with Crippen LogP contribution in [0.15, 0.2) is 18.2 Å². The van der Waals surface area contributed by atoms with Gasteiger partial charge >= 0.3 is 0 Å². The minimum Gasteiger partial charge on any atom is -0.389 e. The van der Waals surface area contributed by atoms with E-state index in [1.165, 1.54) is 6.26 Å². The Morgan fingerprint density at radius 3 is 2.47 bits per heavy atom. The molecule has 0 aliphatic heterocycles. The summed E-state index contributed by atoms with van der Waals surface area (Å²) in [7, 11) is -3.14. The zero-order chi connectivity index (χ0) is 14.8. The zero-order valence-electron chi connectivity index (χ0n) is 11.6. The summed E-state index contributed by atoms with van der Waals surface area (Å²) >= 11 is 4.99. The predicted molar refractivity (Wildman–Crippen MR) is 84.5 cm³/mol. The van der Waals surface area contributed by atoms with E-state index in [0.717, 1.165) is 16.8 Å². The molecule has 0 aromatic heterocycles. The van der Waals surface area contributed by atoms with Gasteiger partial charge in [-0.25, -0.2) is 8.42 Å². The van der Waals surface area contributed by atoms with Gasteiger partial charge in [0.2, 0.25) is 0 Å². The maximum atomic E-state index is 11.7. The number of nitrogens with two attached hydrogens (primary N) is 1. The molecule has 1 aromatic carbocycles. The number of thiocarbonyl (C=S) groups is 1. The van der Waals surface area contributed by atoms with E-state index in [0.29, 0.717) is 11.5 Å². The highest BCUT2D eigenvalue weighted by Crippen LogP contribution is 2.21. The Balaban J connectivity index is 3.01. The van der Waals surface area contributed by atoms with Gasteiger partial charge in [-0.05, 0) is 38.5 Å². The highest BCUT2D eigenvalue weighted by Gasteiger charge is 2.30. The maximum absolute atomic E-state index is 11.7. The van der Waals surface area contributed by atoms with Crippen LogP contribution in [0.5, 0.6) is 0 Å². The quantitative estimate of drug-likeness (QED) is 0.812. The van der Waals surface area contributed by atoms with Crippen LogP contribution in [0.25, 0.3) is 0 Å². The summed E-state index contributed by atoms with van der Waals surface area (Å²) in [5, 5.41) is 3.14. The topological polar surface area (TPSA) is 72.2 Å². The fourth-order valence-corrected chi connectivity index (χ4v) is 1.97. The van der Waals surface area contributed by atoms with Crippen molar-refractivity contribution in [2.24, 2.45) is 5.73 Å². The number of nitrogens with one attached hydrogen (secondary N) is 1. The normalized spacial score (nSPS) is 12.2. The molecule has 0 atom stereocenters. The highest BCUT2D eigenvalue weighted by atomic mass is 32.2. The van der Waals surface area contributed by atoms with Crippen molar-refractivity contribution in [3.05, 3.63) is 29.3 Å². The molecule has 0 saturated carbocycles. The van der Waals surface area contributed by atoms with Crippen LogP contribution in [-0.2, 0) is 9.84 Å². The Hall–Kier alpha value is -1.14. The second-order valence-corrected chi connectivity index (χ2v) is 8.39. The largest absolute Gasteiger partial charge is 0.389 e. The van der Waals surface area contributed by atoms with E-state index in [1.54, 1.807) is 13.8 Å². The van der Waals surface area contributed by atoms with E-state index in [9.17, 15) is 8.42 Å². The van der Waals surface area contributed by atoms with Crippen LogP contribution in [0.1, 0.15) is 25.0 Å². The molecule has 0 saturated heterocycles. The van der Waals surface area contributed by atoms with Gasteiger partial charge in [-0.3, -0.25) is 0 Å². The summed E-state index contributed by atoms with van der Waals surface area (Å²) in [6.45, 7) is 5.62. The molecule has 0 aliphatic carbocycles. The number of aryl methyl sites for hydroxylation is 1. The fourth-order valence-electron chi connectivity index (χ4n) is 1.46. The van der Waals surface area contributed by atoms with Crippen molar-refractivity contribution < 1.29 is 8.42 Å². The van der Waals surface area contributed by atoms with E-state index in [2.05, 4.69) is 5.32 Å². The van der Waals surface area contributed by atoms with Gasteiger partial charge in [0.1, 0.15) is 4.99 Å². The molecule has 19 heavy (non-hydrogen) atoms. The molecule has 106 valence electrons. The standard InChI is InChI=1S/C13H20N2O2S2/c1-9-5-6-10(12(14)18)11(7-9)15-8-13(2,3)19(4,16)17/h5-7,15H,8H2,1-4H3,(H2,14,18). The molecule has 1 aromatic rings. The molecule has 3 N–H and O–H groups in total. The van der Waals surface area contributed by atoms with Crippen LogP contribution in [0.2, 0.25) is 0 Å². The summed E-state index contributed by atoms with van der Waals surface area (Å²) < 4.78 is 22.5. The number of hydrogen-bond acceptors (Lipinski definition) is 4. The monoisotopic (exact) mass is 300 g/mol. The average molecular weight is 300 g/mol. The molecule has 4 nitrogen and oxygen atoms in total. The fraction of sp³-hybridized carbons (Fsp3) is 0.462. The summed E-state index contributed by atoms with van der Waals surface area (Å²) in [5.74, 6) is 0. The lowest BCUT2D eigenvalue weighted by Gasteiger charge is -2.24. The first kappa shape index (κ1) is 15.9. The van der Waals surface area contributed by atoms with Gasteiger partial charge in [0.15, 0.2) is 9.84 Å². The summed E-state index contributed by atoms with van der Waals surface area (Å²) in [4.78, 5) is 0.291. The third kappa shape index (κ3) is 3.91. The van der Waals surface area contributed by atoms with Gasteiger partial charge in [-0.2, -0.15) is 0 Å². The van der Waals surface area contributed by atoms with Gasteiger partial charge < -0.3 is 11.1 Å². The maximum Gasteiger partial charge on any atom is 0.154 e. The zero-order valence-corrected chi connectivity index (χ0v) is 13.3. The lowest BCUT2D eigenvalue weighted by atomic mass is 10.1. The first-order valence-corrected chi connectivity index (χ1v) is 8.18. The second-order valence-electron chi connectivity index (χ2n) is 5.30. The molecule has 1 rings (SSSR count). The van der Waals surface area contributed by atoms with Gasteiger partial charge in [-0.15, -0.1) is 0 Å². The molecule has 0 amide bonds. The van der Waals surface area contributed by atoms with E-state index >= 15 is 0 Å². The van der Waals surface area contributed by atoms with Crippen LogP contribution in [0.3, 0.4) is 0 Å². The third-order valence-corrected chi connectivity index (χ3v) is 5.52. The van der Waals surface area contributed by atoms with Crippen molar-refractivity contribution in [1.29, 1.82) is 0 Å². The van der Waals surface area contributed by atoms with Gasteiger partial charge in [0.25, 0.3) is 0 Å². The summed E-state index contributed by atoms with van der Waals surface area (Å²) in [6, 6.07) is 5.67. The number of benzene rings is 1. The van der Waals surface area contributed by atoms with E-state index in [4.69, 9.17) is 18.0 Å². The van der Waals surface area contributed by atoms with Gasteiger partial charge in [0, 0.05) is 24.1 Å².